The molecule has 1 saturated heterocycles. The number of H-pyrrole nitrogens is 1. The molecule has 2 aromatic rings. The minimum Gasteiger partial charge on any atom is -0.385 e. The molecule has 2 aliphatic rings. The van der Waals surface area contributed by atoms with Crippen molar-refractivity contribution in [1.82, 2.24) is 25.4 Å². The second kappa shape index (κ2) is 11.1. The largest absolute Gasteiger partial charge is 0.423 e. The fourth-order valence-electron chi connectivity index (χ4n) is 4.29. The van der Waals surface area contributed by atoms with Crippen LogP contribution in [0, 0.1) is 0 Å². The summed E-state index contributed by atoms with van der Waals surface area (Å²) in [5, 5.41) is 10.7. The lowest BCUT2D eigenvalue weighted by Crippen LogP contribution is -2.48. The highest BCUT2D eigenvalue weighted by atomic mass is 19.4. The summed E-state index contributed by atoms with van der Waals surface area (Å²) >= 11 is 0. The third-order valence-electron chi connectivity index (χ3n) is 6.10. The highest BCUT2D eigenvalue weighted by Gasteiger charge is 2.38. The third kappa shape index (κ3) is 6.61. The van der Waals surface area contributed by atoms with Crippen LogP contribution >= 0.6 is 0 Å². The minimum absolute atomic E-state index is 0.00667. The summed E-state index contributed by atoms with van der Waals surface area (Å²) in [6, 6.07) is 0.439. The van der Waals surface area contributed by atoms with Gasteiger partial charge in [0.2, 0.25) is 5.91 Å². The van der Waals surface area contributed by atoms with Crippen molar-refractivity contribution in [3.63, 3.8) is 0 Å². The van der Waals surface area contributed by atoms with Crippen LogP contribution in [-0.4, -0.2) is 64.9 Å². The zero-order valence-electron chi connectivity index (χ0n) is 20.6. The van der Waals surface area contributed by atoms with Crippen LogP contribution < -0.4 is 21.1 Å². The minimum atomic E-state index is -4.87. The molecule has 0 aromatic carbocycles. The van der Waals surface area contributed by atoms with E-state index >= 15 is 0 Å². The van der Waals surface area contributed by atoms with Crippen molar-refractivity contribution >= 4 is 17.4 Å². The van der Waals surface area contributed by atoms with Gasteiger partial charge in [-0.2, -0.15) is 31.4 Å². The van der Waals surface area contributed by atoms with Crippen LogP contribution in [0.4, 0.5) is 37.8 Å². The average molecular weight is 561 g/mol. The number of nitrogens with one attached hydrogen (secondary N) is 3. The number of pyridine rings is 1. The number of halogens is 6. The second-order valence-electron chi connectivity index (χ2n) is 9.04. The van der Waals surface area contributed by atoms with E-state index in [0.717, 1.165) is 18.5 Å². The van der Waals surface area contributed by atoms with Crippen LogP contribution in [0.25, 0.3) is 0 Å². The van der Waals surface area contributed by atoms with Gasteiger partial charge in [0.15, 0.2) is 0 Å². The van der Waals surface area contributed by atoms with Crippen LogP contribution in [0.15, 0.2) is 35.2 Å². The normalized spacial score (nSPS) is 16.4. The summed E-state index contributed by atoms with van der Waals surface area (Å²) in [6.45, 7) is 2.52. The van der Waals surface area contributed by atoms with Crippen LogP contribution in [0.3, 0.4) is 0 Å². The summed E-state index contributed by atoms with van der Waals surface area (Å²) < 4.78 is 84.2. The molecule has 0 aliphatic carbocycles. The van der Waals surface area contributed by atoms with Gasteiger partial charge >= 0.3 is 12.4 Å². The molecule has 212 valence electrons. The van der Waals surface area contributed by atoms with E-state index in [-0.39, 0.29) is 38.6 Å². The molecule has 10 nitrogen and oxygen atoms in total. The van der Waals surface area contributed by atoms with Crippen molar-refractivity contribution < 1.29 is 35.9 Å². The van der Waals surface area contributed by atoms with E-state index in [4.69, 9.17) is 4.74 Å². The molecule has 4 heterocycles. The molecule has 0 unspecified atom stereocenters. The molecule has 16 heteroatoms. The molecule has 39 heavy (non-hydrogen) atoms. The first kappa shape index (κ1) is 28.2. The topological polar surface area (TPSA) is 115 Å². The summed E-state index contributed by atoms with van der Waals surface area (Å²) in [5.41, 5.74) is -3.00. The lowest BCUT2D eigenvalue weighted by Gasteiger charge is -2.37. The number of piperazine rings is 1. The van der Waals surface area contributed by atoms with E-state index < -0.39 is 40.8 Å². The van der Waals surface area contributed by atoms with Gasteiger partial charge in [-0.25, -0.2) is 10.1 Å². The Morgan fingerprint density at radius 3 is 2.67 bits per heavy atom. The predicted molar refractivity (Wildman–Crippen MR) is 126 cm³/mol. The average Bonchev–Trinajstić information content (AvgIpc) is 3.03. The number of rotatable bonds is 7. The molecule has 2 aliphatic heterocycles. The number of fused-ring (bicyclic) bond motifs is 3. The molecule has 2 aromatic heterocycles. The van der Waals surface area contributed by atoms with E-state index in [1.807, 2.05) is 0 Å². The monoisotopic (exact) mass is 561 g/mol. The maximum absolute atomic E-state index is 13.2. The van der Waals surface area contributed by atoms with Crippen LogP contribution in [0.1, 0.15) is 30.0 Å². The smallest absolute Gasteiger partial charge is 0.385 e. The number of carbonyl (C=O) groups excluding carboxylic acids is 1. The fraction of sp³-hybridized carbons (Fsp3) is 0.478. The predicted octanol–water partition coefficient (Wildman–Crippen LogP) is 2.70. The van der Waals surface area contributed by atoms with Crippen molar-refractivity contribution in [2.45, 2.75) is 38.3 Å². The van der Waals surface area contributed by atoms with Crippen molar-refractivity contribution in [1.29, 1.82) is 0 Å². The number of alkyl halides is 6. The van der Waals surface area contributed by atoms with Crippen molar-refractivity contribution in [3.05, 3.63) is 57.4 Å². The molecule has 3 N–H and O–H groups in total. The Hall–Kier alpha value is -3.82. The number of nitrogens with zero attached hydrogens (tertiary/aromatic N) is 4. The molecule has 0 saturated carbocycles. The SMILES string of the molecule is C[C@@H](COCCC(=O)N1CCN2C(=CNCc3cc(C(F)(F)F)cnc32)C1)Nc1cn[nH]c(=O)c1C(F)(F)F. The number of hydrogen-bond donors (Lipinski definition) is 3. The molecular weight excluding hydrogens is 536 g/mol. The molecule has 0 radical (unpaired) electrons. The highest BCUT2D eigenvalue weighted by molar-refractivity contribution is 5.77. The Morgan fingerprint density at radius 1 is 1.18 bits per heavy atom. The zero-order valence-corrected chi connectivity index (χ0v) is 20.6. The Kier molecular flexibility index (Phi) is 8.04. The van der Waals surface area contributed by atoms with Crippen molar-refractivity contribution in [3.8, 4) is 0 Å². The number of carbonyl (C=O) groups is 1. The number of amides is 1. The Bertz CT molecular complexity index is 1290. The number of anilines is 2. The molecule has 1 fully saturated rings. The van der Waals surface area contributed by atoms with Gasteiger partial charge in [-0.05, 0) is 13.0 Å². The van der Waals surface area contributed by atoms with Gasteiger partial charge in [-0.1, -0.05) is 0 Å². The van der Waals surface area contributed by atoms with E-state index in [2.05, 4.69) is 20.7 Å². The fourth-order valence-corrected chi connectivity index (χ4v) is 4.29. The maximum atomic E-state index is 13.2. The first-order chi connectivity index (χ1) is 18.3. The lowest BCUT2D eigenvalue weighted by atomic mass is 10.1. The number of aromatic nitrogens is 3. The molecule has 1 amide bonds. The van der Waals surface area contributed by atoms with Gasteiger partial charge in [-0.15, -0.1) is 0 Å². The summed E-state index contributed by atoms with van der Waals surface area (Å²) in [4.78, 5) is 31.7. The molecule has 1 atom stereocenters. The lowest BCUT2D eigenvalue weighted by molar-refractivity contribution is -0.138. The number of hydrogen-bond acceptors (Lipinski definition) is 8. The van der Waals surface area contributed by atoms with Gasteiger partial charge in [0.1, 0.15) is 11.4 Å². The Labute approximate surface area is 218 Å². The van der Waals surface area contributed by atoms with Gasteiger partial charge in [0.25, 0.3) is 5.56 Å². The summed E-state index contributed by atoms with van der Waals surface area (Å²) in [5.74, 6) is 0.180. The quantitative estimate of drug-likeness (QED) is 0.349. The van der Waals surface area contributed by atoms with Crippen LogP contribution in [0.2, 0.25) is 0 Å². The second-order valence-corrected chi connectivity index (χ2v) is 9.04. The first-order valence-corrected chi connectivity index (χ1v) is 11.9. The van der Waals surface area contributed by atoms with E-state index in [1.165, 1.54) is 0 Å². The van der Waals surface area contributed by atoms with Gasteiger partial charge in [-0.3, -0.25) is 9.59 Å². The van der Waals surface area contributed by atoms with E-state index in [1.54, 1.807) is 28.0 Å². The van der Waals surface area contributed by atoms with Crippen molar-refractivity contribution in [2.75, 3.05) is 43.1 Å². The standard InChI is InChI=1S/C23H25F6N7O3/c1-13(33-17-10-32-34-21(38)19(17)23(27,28)29)12-39-5-2-18(37)35-3-4-36-16(11-35)9-30-7-14-6-15(22(24,25)26)8-31-20(14)36/h6,8-10,13,30H,2-5,7,11-12H2,1H3,(H2,33,34,38)/t13-/m0/s1. The first-order valence-electron chi connectivity index (χ1n) is 11.9. The van der Waals surface area contributed by atoms with Gasteiger partial charge < -0.3 is 25.2 Å². The molecule has 4 rings (SSSR count). The van der Waals surface area contributed by atoms with Crippen LogP contribution in [-0.2, 0) is 28.4 Å². The Morgan fingerprint density at radius 2 is 1.95 bits per heavy atom. The molecule has 0 bridgehead atoms. The Balaban J connectivity index is 1.27. The van der Waals surface area contributed by atoms with Gasteiger partial charge in [0.05, 0.1) is 49.3 Å². The summed E-state index contributed by atoms with van der Waals surface area (Å²) in [7, 11) is 0. The van der Waals surface area contributed by atoms with E-state index in [9.17, 15) is 35.9 Å². The maximum Gasteiger partial charge on any atom is 0.423 e. The van der Waals surface area contributed by atoms with Gasteiger partial charge in [0, 0.05) is 43.6 Å². The number of ether oxygens (including phenoxy) is 1. The zero-order chi connectivity index (χ0) is 28.4. The molecule has 0 spiro atoms. The summed E-state index contributed by atoms with van der Waals surface area (Å²) in [6.07, 6.45) is -6.06. The van der Waals surface area contributed by atoms with Crippen molar-refractivity contribution in [2.24, 2.45) is 0 Å². The van der Waals surface area contributed by atoms with Crippen LogP contribution in [0.5, 0.6) is 0 Å². The third-order valence-corrected chi connectivity index (χ3v) is 6.10. The molecular formula is C23H25F6N7O3. The number of aromatic amines is 1. The van der Waals surface area contributed by atoms with E-state index in [0.29, 0.717) is 30.2 Å². The highest BCUT2D eigenvalue weighted by Crippen LogP contribution is 2.34.